The van der Waals surface area contributed by atoms with Crippen LogP contribution in [0.15, 0.2) is 66.7 Å². The summed E-state index contributed by atoms with van der Waals surface area (Å²) in [6.07, 6.45) is 3.80. The van der Waals surface area contributed by atoms with Gasteiger partial charge in [0.2, 0.25) is 5.91 Å². The van der Waals surface area contributed by atoms with E-state index in [1.807, 2.05) is 60.7 Å². The zero-order valence-electron chi connectivity index (χ0n) is 13.0. The molecular weight excluding hydrogens is 304 g/mol. The first-order chi connectivity index (χ1) is 11.7. The van der Waals surface area contributed by atoms with E-state index in [9.17, 15) is 9.59 Å². The van der Waals surface area contributed by atoms with Crippen molar-refractivity contribution in [1.29, 1.82) is 0 Å². The number of carbonyl (C=O) groups excluding carboxylic acids is 2. The average molecular weight is 322 g/mol. The molecule has 0 spiro atoms. The zero-order valence-corrected chi connectivity index (χ0v) is 13.0. The smallest absolute Gasteiger partial charge is 0.258 e. The molecule has 0 unspecified atom stereocenters. The predicted molar refractivity (Wildman–Crippen MR) is 91.3 cm³/mol. The third-order valence-corrected chi connectivity index (χ3v) is 3.68. The first-order valence-corrected chi connectivity index (χ1v) is 7.73. The highest BCUT2D eigenvalue weighted by Crippen LogP contribution is 2.11. The summed E-state index contributed by atoms with van der Waals surface area (Å²) in [5.74, 6) is 0.105. The van der Waals surface area contributed by atoms with Gasteiger partial charge in [0.15, 0.2) is 6.61 Å². The van der Waals surface area contributed by atoms with Crippen LogP contribution in [0.3, 0.4) is 0 Å². The van der Waals surface area contributed by atoms with Gasteiger partial charge in [0, 0.05) is 0 Å². The minimum atomic E-state index is -0.558. The van der Waals surface area contributed by atoms with Crippen molar-refractivity contribution in [2.45, 2.75) is 12.1 Å². The average Bonchev–Trinajstić information content (AvgIpc) is 2.63. The van der Waals surface area contributed by atoms with Gasteiger partial charge in [-0.1, -0.05) is 60.7 Å². The Hall–Kier alpha value is -3.08. The topological polar surface area (TPSA) is 67.4 Å². The number of β-lactam (4-membered cyclic amide) rings is 1. The van der Waals surface area contributed by atoms with E-state index in [1.54, 1.807) is 12.1 Å². The van der Waals surface area contributed by atoms with Gasteiger partial charge in [0.1, 0.15) is 11.8 Å². The number of benzene rings is 2. The fourth-order valence-electron chi connectivity index (χ4n) is 2.38. The molecule has 122 valence electrons. The fraction of sp³-hybridized carbons (Fsp3) is 0.158. The Bertz CT molecular complexity index is 729. The van der Waals surface area contributed by atoms with Crippen molar-refractivity contribution in [2.24, 2.45) is 0 Å². The molecule has 0 aliphatic carbocycles. The van der Waals surface area contributed by atoms with Crippen molar-refractivity contribution in [3.05, 3.63) is 72.3 Å². The summed E-state index contributed by atoms with van der Waals surface area (Å²) in [6, 6.07) is 18.1. The maximum absolute atomic E-state index is 11.9. The molecule has 0 aromatic heterocycles. The van der Waals surface area contributed by atoms with Crippen LogP contribution in [-0.4, -0.2) is 30.5 Å². The largest absolute Gasteiger partial charge is 0.484 e. The molecule has 1 saturated heterocycles. The van der Waals surface area contributed by atoms with Gasteiger partial charge in [0.25, 0.3) is 5.91 Å². The lowest BCUT2D eigenvalue weighted by Crippen LogP contribution is -2.68. The van der Waals surface area contributed by atoms with Crippen LogP contribution in [0.25, 0.3) is 6.08 Å². The molecule has 0 radical (unpaired) electrons. The van der Waals surface area contributed by atoms with Crippen LogP contribution in [-0.2, 0) is 9.59 Å². The van der Waals surface area contributed by atoms with Gasteiger partial charge in [-0.05, 0) is 17.7 Å². The molecule has 2 N–H and O–H groups in total. The lowest BCUT2D eigenvalue weighted by molar-refractivity contribution is -0.135. The summed E-state index contributed by atoms with van der Waals surface area (Å²) < 4.78 is 5.38. The molecule has 2 atom stereocenters. The van der Waals surface area contributed by atoms with Crippen LogP contribution in [0, 0.1) is 0 Å². The lowest BCUT2D eigenvalue weighted by atomic mass is 9.97. The molecule has 2 amide bonds. The quantitative estimate of drug-likeness (QED) is 0.797. The molecule has 1 aliphatic rings. The number of nitrogens with one attached hydrogen (secondary N) is 2. The monoisotopic (exact) mass is 322 g/mol. The van der Waals surface area contributed by atoms with Gasteiger partial charge in [-0.2, -0.15) is 0 Å². The second-order valence-electron chi connectivity index (χ2n) is 5.45. The minimum Gasteiger partial charge on any atom is -0.484 e. The molecule has 5 nitrogen and oxygen atoms in total. The van der Waals surface area contributed by atoms with Crippen molar-refractivity contribution in [3.8, 4) is 5.75 Å². The van der Waals surface area contributed by atoms with E-state index >= 15 is 0 Å². The molecule has 0 bridgehead atoms. The van der Waals surface area contributed by atoms with Crippen molar-refractivity contribution in [3.63, 3.8) is 0 Å². The number of carbonyl (C=O) groups is 2. The fourth-order valence-corrected chi connectivity index (χ4v) is 2.38. The number of amides is 2. The zero-order chi connectivity index (χ0) is 16.8. The van der Waals surface area contributed by atoms with E-state index in [1.165, 1.54) is 0 Å². The maximum Gasteiger partial charge on any atom is 0.258 e. The normalized spacial score (nSPS) is 19.4. The molecule has 1 fully saturated rings. The van der Waals surface area contributed by atoms with Crippen molar-refractivity contribution in [1.82, 2.24) is 10.6 Å². The Labute approximate surface area is 140 Å². The third-order valence-electron chi connectivity index (χ3n) is 3.68. The molecule has 1 heterocycles. The summed E-state index contributed by atoms with van der Waals surface area (Å²) in [5.41, 5.74) is 1.04. The molecule has 3 rings (SSSR count). The highest BCUT2D eigenvalue weighted by molar-refractivity contribution is 5.94. The first kappa shape index (κ1) is 15.8. The third kappa shape index (κ3) is 4.01. The number of hydrogen-bond donors (Lipinski definition) is 2. The summed E-state index contributed by atoms with van der Waals surface area (Å²) >= 11 is 0. The van der Waals surface area contributed by atoms with Crippen LogP contribution in [0.2, 0.25) is 0 Å². The molecule has 1 aliphatic heterocycles. The van der Waals surface area contributed by atoms with Crippen molar-refractivity contribution < 1.29 is 14.3 Å². The number of para-hydroxylation sites is 1. The Kier molecular flexibility index (Phi) is 4.91. The van der Waals surface area contributed by atoms with Gasteiger partial charge in [0.05, 0.1) is 6.04 Å². The van der Waals surface area contributed by atoms with Crippen LogP contribution in [0.5, 0.6) is 5.75 Å². The lowest BCUT2D eigenvalue weighted by Gasteiger charge is -2.35. The van der Waals surface area contributed by atoms with Crippen molar-refractivity contribution in [2.75, 3.05) is 6.61 Å². The second kappa shape index (κ2) is 7.46. The standard InChI is InChI=1S/C19H18N2O3/c22-17(13-24-15-9-5-2-6-10-15)21-18-16(20-19(18)23)12-11-14-7-3-1-4-8-14/h1-12,16,18H,13H2,(H,20,23)(H,21,22)/t16-,18+/m1/s1. The molecule has 2 aromatic rings. The van der Waals surface area contributed by atoms with Crippen LogP contribution < -0.4 is 15.4 Å². The minimum absolute atomic E-state index is 0.122. The highest BCUT2D eigenvalue weighted by atomic mass is 16.5. The number of ether oxygens (including phenoxy) is 1. The summed E-state index contributed by atoms with van der Waals surface area (Å²) in [6.45, 7) is -0.122. The molecule has 2 aromatic carbocycles. The van der Waals surface area contributed by atoms with E-state index < -0.39 is 6.04 Å². The maximum atomic E-state index is 11.9. The Morgan fingerprint density at radius 2 is 1.75 bits per heavy atom. The van der Waals surface area contributed by atoms with E-state index in [4.69, 9.17) is 4.74 Å². The molecule has 5 heteroatoms. The molecule has 0 saturated carbocycles. The summed E-state index contributed by atoms with van der Waals surface area (Å²) in [7, 11) is 0. The van der Waals surface area contributed by atoms with E-state index in [0.717, 1.165) is 5.56 Å². The Balaban J connectivity index is 1.50. The second-order valence-corrected chi connectivity index (χ2v) is 5.45. The molecule has 24 heavy (non-hydrogen) atoms. The van der Waals surface area contributed by atoms with Crippen LogP contribution in [0.1, 0.15) is 5.56 Å². The van der Waals surface area contributed by atoms with Crippen LogP contribution in [0.4, 0.5) is 0 Å². The van der Waals surface area contributed by atoms with E-state index in [-0.39, 0.29) is 24.5 Å². The highest BCUT2D eigenvalue weighted by Gasteiger charge is 2.38. The predicted octanol–water partition coefficient (Wildman–Crippen LogP) is 1.76. The van der Waals surface area contributed by atoms with Gasteiger partial charge >= 0.3 is 0 Å². The molecular formula is C19H18N2O3. The van der Waals surface area contributed by atoms with Gasteiger partial charge in [-0.25, -0.2) is 0 Å². The first-order valence-electron chi connectivity index (χ1n) is 7.73. The SMILES string of the molecule is O=C(COc1ccccc1)N[C@@H]1C(=O)N[C@@H]1C=Cc1ccccc1. The van der Waals surface area contributed by atoms with Gasteiger partial charge in [-0.3, -0.25) is 9.59 Å². The summed E-state index contributed by atoms with van der Waals surface area (Å²) in [4.78, 5) is 23.6. The number of rotatable bonds is 6. The van der Waals surface area contributed by atoms with Gasteiger partial charge in [-0.15, -0.1) is 0 Å². The Morgan fingerprint density at radius 1 is 1.08 bits per heavy atom. The van der Waals surface area contributed by atoms with E-state index in [2.05, 4.69) is 10.6 Å². The number of hydrogen-bond acceptors (Lipinski definition) is 3. The summed E-state index contributed by atoms with van der Waals surface area (Å²) in [5, 5.41) is 5.46. The van der Waals surface area contributed by atoms with Gasteiger partial charge < -0.3 is 15.4 Å². The van der Waals surface area contributed by atoms with E-state index in [0.29, 0.717) is 5.75 Å². The Morgan fingerprint density at radius 3 is 2.42 bits per heavy atom. The van der Waals surface area contributed by atoms with Crippen molar-refractivity contribution >= 4 is 17.9 Å². The van der Waals surface area contributed by atoms with Crippen LogP contribution >= 0.6 is 0 Å².